The third-order valence-corrected chi connectivity index (χ3v) is 4.74. The quantitative estimate of drug-likeness (QED) is 0.400. The Bertz CT molecular complexity index is 351. The lowest BCUT2D eigenvalue weighted by molar-refractivity contribution is 0.0983. The third-order valence-electron chi connectivity index (χ3n) is 3.14. The lowest BCUT2D eigenvalue weighted by atomic mass is 10.1. The summed E-state index contributed by atoms with van der Waals surface area (Å²) in [6.07, 6.45) is 9.40. The molecular weight excluding hydrogens is 264 g/mol. The van der Waals surface area contributed by atoms with E-state index in [0.29, 0.717) is 6.42 Å². The summed E-state index contributed by atoms with van der Waals surface area (Å²) in [4.78, 5) is 12.7. The number of carbonyl (C=O) groups excluding carboxylic acids is 1. The molecule has 0 fully saturated rings. The van der Waals surface area contributed by atoms with Gasteiger partial charge >= 0.3 is 0 Å². The number of unbranched alkanes of at least 4 members (excludes halogenated alkanes) is 6. The molecule has 0 unspecified atom stereocenters. The number of aryl methyl sites for hydroxylation is 1. The van der Waals surface area contributed by atoms with Crippen molar-refractivity contribution >= 4 is 28.7 Å². The normalized spacial score (nSPS) is 10.8. The van der Waals surface area contributed by atoms with Crippen LogP contribution in [-0.4, -0.2) is 5.78 Å². The first kappa shape index (κ1) is 15.7. The lowest BCUT2D eigenvalue weighted by Gasteiger charge is -2.00. The second-order valence-electron chi connectivity index (χ2n) is 4.86. The molecule has 0 spiro atoms. The van der Waals surface area contributed by atoms with E-state index in [1.807, 2.05) is 13.0 Å². The summed E-state index contributed by atoms with van der Waals surface area (Å²) >= 11 is 7.39. The molecule has 1 aromatic heterocycles. The van der Waals surface area contributed by atoms with E-state index in [9.17, 15) is 4.79 Å². The molecule has 102 valence electrons. The molecule has 0 aliphatic carbocycles. The fourth-order valence-electron chi connectivity index (χ4n) is 1.96. The Labute approximate surface area is 120 Å². The molecule has 0 saturated carbocycles. The van der Waals surface area contributed by atoms with Gasteiger partial charge in [-0.25, -0.2) is 0 Å². The van der Waals surface area contributed by atoms with Crippen LogP contribution in [0.25, 0.3) is 0 Å². The molecule has 3 heteroatoms. The van der Waals surface area contributed by atoms with Crippen LogP contribution in [0, 0.1) is 6.92 Å². The summed E-state index contributed by atoms with van der Waals surface area (Å²) in [6.45, 7) is 4.18. The van der Waals surface area contributed by atoms with Crippen molar-refractivity contribution in [2.24, 2.45) is 0 Å². The molecule has 1 heterocycles. The zero-order valence-electron chi connectivity index (χ0n) is 11.4. The molecular formula is C15H23ClOS. The molecule has 0 radical (unpaired) electrons. The highest BCUT2D eigenvalue weighted by molar-refractivity contribution is 7.18. The Hall–Kier alpha value is -0.340. The van der Waals surface area contributed by atoms with E-state index in [0.717, 1.165) is 21.2 Å². The minimum atomic E-state index is 0.253. The smallest absolute Gasteiger partial charge is 0.172 e. The predicted molar refractivity (Wildman–Crippen MR) is 81.0 cm³/mol. The summed E-state index contributed by atoms with van der Waals surface area (Å²) < 4.78 is 0.748. The van der Waals surface area contributed by atoms with Crippen LogP contribution >= 0.6 is 22.9 Å². The van der Waals surface area contributed by atoms with Gasteiger partial charge in [-0.2, -0.15) is 0 Å². The first-order valence-electron chi connectivity index (χ1n) is 6.94. The van der Waals surface area contributed by atoms with Gasteiger partial charge in [-0.15, -0.1) is 11.3 Å². The van der Waals surface area contributed by atoms with Gasteiger partial charge in [0.2, 0.25) is 0 Å². The summed E-state index contributed by atoms with van der Waals surface area (Å²) in [6, 6.07) is 1.91. The van der Waals surface area contributed by atoms with Crippen LogP contribution in [0.15, 0.2) is 6.07 Å². The molecule has 0 aromatic carbocycles. The van der Waals surface area contributed by atoms with Crippen molar-refractivity contribution in [1.29, 1.82) is 0 Å². The third kappa shape index (κ3) is 5.53. The maximum atomic E-state index is 11.9. The van der Waals surface area contributed by atoms with E-state index >= 15 is 0 Å². The van der Waals surface area contributed by atoms with E-state index < -0.39 is 0 Å². The summed E-state index contributed by atoms with van der Waals surface area (Å²) in [5.74, 6) is 0.253. The van der Waals surface area contributed by atoms with Gasteiger partial charge < -0.3 is 0 Å². The van der Waals surface area contributed by atoms with Crippen molar-refractivity contribution < 1.29 is 4.79 Å². The molecule has 18 heavy (non-hydrogen) atoms. The van der Waals surface area contributed by atoms with Crippen LogP contribution in [-0.2, 0) is 0 Å². The first-order valence-corrected chi connectivity index (χ1v) is 8.13. The van der Waals surface area contributed by atoms with Crippen molar-refractivity contribution in [3.8, 4) is 0 Å². The van der Waals surface area contributed by atoms with E-state index in [1.165, 1.54) is 49.9 Å². The van der Waals surface area contributed by atoms with E-state index in [1.54, 1.807) is 0 Å². The van der Waals surface area contributed by atoms with Gasteiger partial charge in [-0.05, 0) is 25.0 Å². The number of thiophene rings is 1. The molecule has 1 aromatic rings. The highest BCUT2D eigenvalue weighted by atomic mass is 35.5. The summed E-state index contributed by atoms with van der Waals surface area (Å²) in [7, 11) is 0. The van der Waals surface area contributed by atoms with Crippen LogP contribution in [0.5, 0.6) is 0 Å². The van der Waals surface area contributed by atoms with Gasteiger partial charge in [0.1, 0.15) is 0 Å². The van der Waals surface area contributed by atoms with Crippen LogP contribution in [0.1, 0.15) is 73.5 Å². The number of hydrogen-bond acceptors (Lipinski definition) is 2. The minimum Gasteiger partial charge on any atom is -0.293 e. The topological polar surface area (TPSA) is 17.1 Å². The largest absolute Gasteiger partial charge is 0.293 e. The Morgan fingerprint density at radius 1 is 1.17 bits per heavy atom. The standard InChI is InChI=1S/C15H23ClOS/c1-3-4-5-6-7-8-9-10-13(17)14-11-12(2)15(16)18-14/h11H,3-10H2,1-2H3. The van der Waals surface area contributed by atoms with Gasteiger partial charge in [0, 0.05) is 6.42 Å². The van der Waals surface area contributed by atoms with Crippen LogP contribution in [0.2, 0.25) is 4.34 Å². The van der Waals surface area contributed by atoms with Gasteiger partial charge in [-0.3, -0.25) is 4.79 Å². The maximum Gasteiger partial charge on any atom is 0.172 e. The van der Waals surface area contributed by atoms with Crippen LogP contribution in [0.3, 0.4) is 0 Å². The molecule has 0 aliphatic rings. The van der Waals surface area contributed by atoms with Crippen molar-refractivity contribution in [2.45, 2.75) is 65.2 Å². The molecule has 1 nitrogen and oxygen atoms in total. The second kappa shape index (κ2) is 8.71. The number of ketones is 1. The van der Waals surface area contributed by atoms with Crippen molar-refractivity contribution in [3.63, 3.8) is 0 Å². The number of halogens is 1. The van der Waals surface area contributed by atoms with Crippen LogP contribution in [0.4, 0.5) is 0 Å². The van der Waals surface area contributed by atoms with E-state index in [2.05, 4.69) is 6.92 Å². The number of hydrogen-bond donors (Lipinski definition) is 0. The Kier molecular flexibility index (Phi) is 7.60. The average Bonchev–Trinajstić information content (AvgIpc) is 2.68. The van der Waals surface area contributed by atoms with E-state index in [4.69, 9.17) is 11.6 Å². The fraction of sp³-hybridized carbons (Fsp3) is 0.667. The molecule has 0 aliphatic heterocycles. The lowest BCUT2D eigenvalue weighted by Crippen LogP contribution is -1.95. The molecule has 0 bridgehead atoms. The zero-order valence-corrected chi connectivity index (χ0v) is 13.0. The molecule has 0 amide bonds. The van der Waals surface area contributed by atoms with Crippen LogP contribution < -0.4 is 0 Å². The second-order valence-corrected chi connectivity index (χ2v) is 6.52. The Balaban J connectivity index is 2.14. The Morgan fingerprint density at radius 2 is 1.78 bits per heavy atom. The molecule has 0 saturated heterocycles. The minimum absolute atomic E-state index is 0.253. The zero-order chi connectivity index (χ0) is 13.4. The summed E-state index contributed by atoms with van der Waals surface area (Å²) in [5, 5.41) is 0. The predicted octanol–water partition coefficient (Wildman–Crippen LogP) is 6.03. The maximum absolute atomic E-state index is 11.9. The molecule has 0 N–H and O–H groups in total. The van der Waals surface area contributed by atoms with Gasteiger partial charge in [0.15, 0.2) is 5.78 Å². The van der Waals surface area contributed by atoms with Crippen molar-refractivity contribution in [1.82, 2.24) is 0 Å². The molecule has 0 atom stereocenters. The van der Waals surface area contributed by atoms with Crippen molar-refractivity contribution in [2.75, 3.05) is 0 Å². The number of Topliss-reactive ketones (excluding diaryl/α,β-unsaturated/α-hetero) is 1. The highest BCUT2D eigenvalue weighted by Gasteiger charge is 2.10. The number of rotatable bonds is 9. The monoisotopic (exact) mass is 286 g/mol. The SMILES string of the molecule is CCCCCCCCCC(=O)c1cc(C)c(Cl)s1. The van der Waals surface area contributed by atoms with Gasteiger partial charge in [0.05, 0.1) is 9.21 Å². The first-order chi connectivity index (χ1) is 8.65. The molecule has 1 rings (SSSR count). The van der Waals surface area contributed by atoms with Gasteiger partial charge in [-0.1, -0.05) is 57.0 Å². The summed E-state index contributed by atoms with van der Waals surface area (Å²) in [5.41, 5.74) is 1.02. The van der Waals surface area contributed by atoms with Gasteiger partial charge in [0.25, 0.3) is 0 Å². The van der Waals surface area contributed by atoms with Crippen molar-refractivity contribution in [3.05, 3.63) is 20.8 Å². The fourth-order valence-corrected chi connectivity index (χ4v) is 3.13. The highest BCUT2D eigenvalue weighted by Crippen LogP contribution is 2.28. The Morgan fingerprint density at radius 3 is 2.33 bits per heavy atom. The number of carbonyl (C=O) groups is 1. The average molecular weight is 287 g/mol. The van der Waals surface area contributed by atoms with E-state index in [-0.39, 0.29) is 5.78 Å².